The highest BCUT2D eigenvalue weighted by molar-refractivity contribution is 14.1. The summed E-state index contributed by atoms with van der Waals surface area (Å²) in [5.74, 6) is 2.48. The lowest BCUT2D eigenvalue weighted by Gasteiger charge is -2.07. The molecule has 3 heteroatoms. The first kappa shape index (κ1) is 12.2. The van der Waals surface area contributed by atoms with Crippen LogP contribution in [0.25, 0.3) is 0 Å². The van der Waals surface area contributed by atoms with E-state index in [9.17, 15) is 0 Å². The van der Waals surface area contributed by atoms with Crippen LogP contribution in [-0.2, 0) is 0 Å². The molecule has 0 heterocycles. The third kappa shape index (κ3) is 4.55. The van der Waals surface area contributed by atoms with Crippen molar-refractivity contribution >= 4 is 40.0 Å². The van der Waals surface area contributed by atoms with E-state index < -0.39 is 0 Å². The number of benzene rings is 1. The summed E-state index contributed by atoms with van der Waals surface area (Å²) < 4.78 is 1.30. The lowest BCUT2D eigenvalue weighted by atomic mass is 10.3. The van der Waals surface area contributed by atoms with Crippen LogP contribution in [0.2, 0.25) is 0 Å². The van der Waals surface area contributed by atoms with Crippen LogP contribution < -0.4 is 5.32 Å². The molecule has 0 aliphatic heterocycles. The molecule has 1 N–H and O–H groups in total. The Morgan fingerprint density at radius 1 is 1.36 bits per heavy atom. The third-order valence-corrected chi connectivity index (χ3v) is 3.79. The van der Waals surface area contributed by atoms with Crippen LogP contribution in [0.15, 0.2) is 24.3 Å². The average molecular weight is 321 g/mol. The van der Waals surface area contributed by atoms with Gasteiger partial charge in [0.25, 0.3) is 0 Å². The van der Waals surface area contributed by atoms with Crippen LogP contribution >= 0.6 is 34.4 Å². The highest BCUT2D eigenvalue weighted by Crippen LogP contribution is 2.16. The van der Waals surface area contributed by atoms with Crippen molar-refractivity contribution in [2.24, 2.45) is 0 Å². The molecule has 78 valence electrons. The Hall–Kier alpha value is 0.100. The molecular formula is C11H16INS. The molecule has 0 bridgehead atoms. The molecule has 0 saturated carbocycles. The number of rotatable bonds is 6. The highest BCUT2D eigenvalue weighted by Gasteiger charge is 1.95. The second-order valence-electron chi connectivity index (χ2n) is 2.96. The fraction of sp³-hybridized carbons (Fsp3) is 0.455. The number of nitrogens with one attached hydrogen (secondary N) is 1. The standard InChI is InChI=1S/C11H16INS/c1-2-14-9-5-8-13-11-7-4-3-6-10(11)12/h3-4,6-7,13H,2,5,8-9H2,1H3. The molecule has 0 fully saturated rings. The molecule has 0 radical (unpaired) electrons. The van der Waals surface area contributed by atoms with Gasteiger partial charge in [0.2, 0.25) is 0 Å². The van der Waals surface area contributed by atoms with Gasteiger partial charge in [0, 0.05) is 15.8 Å². The Morgan fingerprint density at radius 3 is 2.86 bits per heavy atom. The molecule has 0 atom stereocenters. The van der Waals surface area contributed by atoms with Gasteiger partial charge in [-0.2, -0.15) is 11.8 Å². The van der Waals surface area contributed by atoms with Crippen molar-refractivity contribution in [1.29, 1.82) is 0 Å². The zero-order valence-electron chi connectivity index (χ0n) is 8.42. The van der Waals surface area contributed by atoms with Crippen molar-refractivity contribution < 1.29 is 0 Å². The predicted octanol–water partition coefficient (Wildman–Crippen LogP) is 3.85. The average Bonchev–Trinajstić information content (AvgIpc) is 2.20. The van der Waals surface area contributed by atoms with Crippen LogP contribution in [0.3, 0.4) is 0 Å². The molecular weight excluding hydrogens is 305 g/mol. The first-order chi connectivity index (χ1) is 6.84. The Balaban J connectivity index is 2.21. The summed E-state index contributed by atoms with van der Waals surface area (Å²) >= 11 is 4.37. The monoisotopic (exact) mass is 321 g/mol. The SMILES string of the molecule is CCSCCCNc1ccccc1I. The summed E-state index contributed by atoms with van der Waals surface area (Å²) in [6.45, 7) is 3.28. The lowest BCUT2D eigenvalue weighted by molar-refractivity contribution is 0.990. The Morgan fingerprint density at radius 2 is 2.14 bits per heavy atom. The fourth-order valence-electron chi connectivity index (χ4n) is 1.15. The maximum absolute atomic E-state index is 3.45. The molecule has 0 aliphatic rings. The molecule has 0 amide bonds. The summed E-state index contributed by atoms with van der Waals surface area (Å²) in [4.78, 5) is 0. The molecule has 0 aromatic heterocycles. The quantitative estimate of drug-likeness (QED) is 0.631. The van der Waals surface area contributed by atoms with Gasteiger partial charge in [0.1, 0.15) is 0 Å². The largest absolute Gasteiger partial charge is 0.384 e. The summed E-state index contributed by atoms with van der Waals surface area (Å²) in [6, 6.07) is 8.41. The molecule has 1 rings (SSSR count). The van der Waals surface area contributed by atoms with Crippen molar-refractivity contribution in [3.05, 3.63) is 27.8 Å². The van der Waals surface area contributed by atoms with Crippen LogP contribution in [0, 0.1) is 3.57 Å². The normalized spacial score (nSPS) is 10.1. The molecule has 0 saturated heterocycles. The van der Waals surface area contributed by atoms with Gasteiger partial charge in [-0.05, 0) is 52.7 Å². The first-order valence-corrected chi connectivity index (χ1v) is 7.14. The number of thioether (sulfide) groups is 1. The second-order valence-corrected chi connectivity index (χ2v) is 5.51. The third-order valence-electron chi connectivity index (χ3n) is 1.86. The number of anilines is 1. The zero-order valence-corrected chi connectivity index (χ0v) is 11.4. The highest BCUT2D eigenvalue weighted by atomic mass is 127. The molecule has 0 unspecified atom stereocenters. The van der Waals surface area contributed by atoms with Crippen LogP contribution in [-0.4, -0.2) is 18.1 Å². The van der Waals surface area contributed by atoms with E-state index in [0.717, 1.165) is 6.54 Å². The van der Waals surface area contributed by atoms with Gasteiger partial charge in [0.05, 0.1) is 0 Å². The van der Waals surface area contributed by atoms with E-state index in [2.05, 4.69) is 59.1 Å². The summed E-state index contributed by atoms with van der Waals surface area (Å²) in [7, 11) is 0. The van der Waals surface area contributed by atoms with Gasteiger partial charge in [-0.25, -0.2) is 0 Å². The maximum atomic E-state index is 3.45. The summed E-state index contributed by atoms with van der Waals surface area (Å²) in [5.41, 5.74) is 1.26. The second kappa shape index (κ2) is 7.40. The molecule has 1 aromatic rings. The van der Waals surface area contributed by atoms with Crippen LogP contribution in [0.5, 0.6) is 0 Å². The molecule has 1 nitrogen and oxygen atoms in total. The minimum Gasteiger partial charge on any atom is -0.384 e. The van der Waals surface area contributed by atoms with E-state index in [4.69, 9.17) is 0 Å². The van der Waals surface area contributed by atoms with Crippen molar-refractivity contribution in [3.8, 4) is 0 Å². The number of hydrogen-bond donors (Lipinski definition) is 1. The van der Waals surface area contributed by atoms with Crippen molar-refractivity contribution in [1.82, 2.24) is 0 Å². The zero-order chi connectivity index (χ0) is 10.2. The number of hydrogen-bond acceptors (Lipinski definition) is 2. The summed E-state index contributed by atoms with van der Waals surface area (Å²) in [6.07, 6.45) is 1.24. The fourth-order valence-corrected chi connectivity index (χ4v) is 2.36. The Labute approximate surface area is 104 Å². The van der Waals surface area contributed by atoms with E-state index in [-0.39, 0.29) is 0 Å². The van der Waals surface area contributed by atoms with Gasteiger partial charge in [-0.1, -0.05) is 19.1 Å². The van der Waals surface area contributed by atoms with Crippen molar-refractivity contribution in [2.45, 2.75) is 13.3 Å². The van der Waals surface area contributed by atoms with Gasteiger partial charge in [0.15, 0.2) is 0 Å². The Bertz CT molecular complexity index is 265. The van der Waals surface area contributed by atoms with E-state index in [0.29, 0.717) is 0 Å². The molecule has 0 spiro atoms. The minimum atomic E-state index is 1.08. The minimum absolute atomic E-state index is 1.08. The van der Waals surface area contributed by atoms with Crippen molar-refractivity contribution in [3.63, 3.8) is 0 Å². The first-order valence-electron chi connectivity index (χ1n) is 4.90. The van der Waals surface area contributed by atoms with E-state index in [1.54, 1.807) is 0 Å². The smallest absolute Gasteiger partial charge is 0.0475 e. The number of para-hydroxylation sites is 1. The maximum Gasteiger partial charge on any atom is 0.0475 e. The van der Waals surface area contributed by atoms with Gasteiger partial charge in [-0.3, -0.25) is 0 Å². The van der Waals surface area contributed by atoms with Crippen LogP contribution in [0.1, 0.15) is 13.3 Å². The summed E-state index contributed by atoms with van der Waals surface area (Å²) in [5, 5.41) is 3.45. The van der Waals surface area contributed by atoms with Gasteiger partial charge in [-0.15, -0.1) is 0 Å². The van der Waals surface area contributed by atoms with E-state index >= 15 is 0 Å². The van der Waals surface area contributed by atoms with Gasteiger partial charge >= 0.3 is 0 Å². The van der Waals surface area contributed by atoms with E-state index in [1.165, 1.54) is 27.2 Å². The van der Waals surface area contributed by atoms with Crippen LogP contribution in [0.4, 0.5) is 5.69 Å². The van der Waals surface area contributed by atoms with E-state index in [1.807, 2.05) is 11.8 Å². The topological polar surface area (TPSA) is 12.0 Å². The molecule has 14 heavy (non-hydrogen) atoms. The Kier molecular flexibility index (Phi) is 6.43. The number of halogens is 1. The lowest BCUT2D eigenvalue weighted by Crippen LogP contribution is -2.03. The molecule has 0 aliphatic carbocycles. The van der Waals surface area contributed by atoms with Crippen molar-refractivity contribution in [2.75, 3.05) is 23.4 Å². The van der Waals surface area contributed by atoms with Gasteiger partial charge < -0.3 is 5.32 Å². The predicted molar refractivity (Wildman–Crippen MR) is 75.3 cm³/mol. The molecule has 1 aromatic carbocycles.